The summed E-state index contributed by atoms with van der Waals surface area (Å²) >= 11 is 7.84. The minimum Gasteiger partial charge on any atom is -0.465 e. The van der Waals surface area contributed by atoms with Crippen LogP contribution in [0.4, 0.5) is 16.3 Å². The molecule has 1 aromatic heterocycles. The van der Waals surface area contributed by atoms with Gasteiger partial charge >= 0.3 is 12.0 Å². The lowest BCUT2D eigenvalue weighted by Gasteiger charge is -2.34. The second-order valence-electron chi connectivity index (χ2n) is 7.46. The highest BCUT2D eigenvalue weighted by Crippen LogP contribution is 2.28. The third-order valence-corrected chi connectivity index (χ3v) is 6.34. The van der Waals surface area contributed by atoms with Gasteiger partial charge in [-0.2, -0.15) is 5.10 Å². The highest BCUT2D eigenvalue weighted by atomic mass is 79.9. The monoisotopic (exact) mass is 515 g/mol. The highest BCUT2D eigenvalue weighted by molar-refractivity contribution is 9.10. The van der Waals surface area contributed by atoms with Crippen LogP contribution in [-0.4, -0.2) is 48.4 Å². The van der Waals surface area contributed by atoms with Crippen LogP contribution in [-0.2, 0) is 4.74 Å². The van der Waals surface area contributed by atoms with Crippen molar-refractivity contribution in [2.75, 3.05) is 29.4 Å². The number of aromatic nitrogens is 2. The lowest BCUT2D eigenvalue weighted by Crippen LogP contribution is -2.47. The van der Waals surface area contributed by atoms with Crippen LogP contribution in [0, 0.1) is 0 Å². The van der Waals surface area contributed by atoms with E-state index >= 15 is 0 Å². The molecule has 10 heteroatoms. The Labute approximate surface area is 199 Å². The van der Waals surface area contributed by atoms with Gasteiger partial charge in [0.05, 0.1) is 24.6 Å². The van der Waals surface area contributed by atoms with Crippen LogP contribution < -0.4 is 14.5 Å². The van der Waals surface area contributed by atoms with Gasteiger partial charge in [-0.1, -0.05) is 40.9 Å². The van der Waals surface area contributed by atoms with Gasteiger partial charge in [0.2, 0.25) is 0 Å². The second-order valence-corrected chi connectivity index (χ2v) is 8.78. The topological polar surface area (TPSA) is 87.7 Å². The predicted molar refractivity (Wildman–Crippen MR) is 130 cm³/mol. The van der Waals surface area contributed by atoms with E-state index in [9.17, 15) is 9.59 Å². The summed E-state index contributed by atoms with van der Waals surface area (Å²) in [5.41, 5.74) is 0.843. The lowest BCUT2D eigenvalue weighted by atomic mass is 10.0. The van der Waals surface area contributed by atoms with Crippen molar-refractivity contribution in [3.05, 3.63) is 58.7 Å². The zero-order valence-electron chi connectivity index (χ0n) is 17.4. The largest absolute Gasteiger partial charge is 0.465 e. The SMILES string of the molecule is COC(=O)c1cccc(N(S)C(=O)NC2CCN(c3nncc4ccc(Br)cc34)CC2)c1. The fraction of sp³-hybridized carbons (Fsp3) is 0.273. The number of methoxy groups -OCH3 is 1. The summed E-state index contributed by atoms with van der Waals surface area (Å²) in [5.74, 6) is 0.383. The normalized spacial score (nSPS) is 14.3. The van der Waals surface area contributed by atoms with Crippen molar-refractivity contribution in [1.29, 1.82) is 0 Å². The number of nitrogens with zero attached hydrogens (tertiary/aromatic N) is 4. The molecule has 3 aromatic rings. The fourth-order valence-corrected chi connectivity index (χ4v) is 4.28. The van der Waals surface area contributed by atoms with E-state index in [1.807, 2.05) is 12.1 Å². The number of carbonyl (C=O) groups excluding carboxylic acids is 2. The number of thiol groups is 1. The second kappa shape index (κ2) is 9.74. The average molecular weight is 516 g/mol. The Morgan fingerprint density at radius 1 is 1.22 bits per heavy atom. The third kappa shape index (κ3) is 4.81. The fourth-order valence-electron chi connectivity index (χ4n) is 3.74. The van der Waals surface area contributed by atoms with Gasteiger partial charge in [0.25, 0.3) is 0 Å². The molecule has 1 fully saturated rings. The molecule has 0 radical (unpaired) electrons. The van der Waals surface area contributed by atoms with Crippen molar-refractivity contribution in [3.8, 4) is 0 Å². The molecule has 2 aromatic carbocycles. The number of hydrogen-bond acceptors (Lipinski definition) is 7. The molecule has 2 heterocycles. The number of rotatable bonds is 4. The minimum atomic E-state index is -0.468. The lowest BCUT2D eigenvalue weighted by molar-refractivity contribution is 0.0600. The molecule has 2 amide bonds. The first kappa shape index (κ1) is 22.3. The molecule has 32 heavy (non-hydrogen) atoms. The first-order valence-corrected chi connectivity index (χ1v) is 11.3. The van der Waals surface area contributed by atoms with Gasteiger partial charge in [-0.05, 0) is 43.2 Å². The summed E-state index contributed by atoms with van der Waals surface area (Å²) in [6.07, 6.45) is 3.29. The van der Waals surface area contributed by atoms with Gasteiger partial charge in [-0.25, -0.2) is 13.9 Å². The maximum Gasteiger partial charge on any atom is 0.337 e. The predicted octanol–water partition coefficient (Wildman–Crippen LogP) is 4.21. The summed E-state index contributed by atoms with van der Waals surface area (Å²) in [7, 11) is 1.31. The number of esters is 1. The molecular formula is C22H22BrN5O3S. The van der Waals surface area contributed by atoms with Crippen molar-refractivity contribution in [3.63, 3.8) is 0 Å². The van der Waals surface area contributed by atoms with Crippen molar-refractivity contribution >= 4 is 63.0 Å². The summed E-state index contributed by atoms with van der Waals surface area (Å²) in [6.45, 7) is 1.49. The highest BCUT2D eigenvalue weighted by Gasteiger charge is 2.25. The van der Waals surface area contributed by atoms with Crippen LogP contribution in [0.25, 0.3) is 10.8 Å². The molecule has 1 saturated heterocycles. The summed E-state index contributed by atoms with van der Waals surface area (Å²) in [6, 6.07) is 12.3. The first-order chi connectivity index (χ1) is 15.5. The molecule has 1 aliphatic rings. The number of urea groups is 1. The van der Waals surface area contributed by atoms with Crippen LogP contribution in [0.15, 0.2) is 53.1 Å². The Bertz CT molecular complexity index is 1150. The van der Waals surface area contributed by atoms with Crippen molar-refractivity contribution in [2.45, 2.75) is 18.9 Å². The quantitative estimate of drug-likeness (QED) is 0.399. The number of nitrogens with one attached hydrogen (secondary N) is 1. The molecule has 166 valence electrons. The van der Waals surface area contributed by atoms with E-state index in [4.69, 9.17) is 4.74 Å². The van der Waals surface area contributed by atoms with Gasteiger partial charge in [0.1, 0.15) is 0 Å². The van der Waals surface area contributed by atoms with Gasteiger partial charge in [0, 0.05) is 34.4 Å². The number of benzene rings is 2. The maximum atomic E-state index is 12.7. The number of halogens is 1. The first-order valence-electron chi connectivity index (χ1n) is 10.1. The van der Waals surface area contributed by atoms with Crippen LogP contribution in [0.2, 0.25) is 0 Å². The molecule has 0 aliphatic carbocycles. The number of fused-ring (bicyclic) bond motifs is 1. The average Bonchev–Trinajstić information content (AvgIpc) is 2.83. The summed E-state index contributed by atoms with van der Waals surface area (Å²) in [5, 5.41) is 13.6. The molecular weight excluding hydrogens is 494 g/mol. The summed E-state index contributed by atoms with van der Waals surface area (Å²) < 4.78 is 6.93. The maximum absolute atomic E-state index is 12.7. The standard InChI is InChI=1S/C22H22BrN5O3S/c1-31-21(29)14-3-2-4-18(11-14)28(32)22(30)25-17-7-9-27(10-8-17)20-19-12-16(23)6-5-15(19)13-24-26-20/h2-6,11-13,17,32H,7-10H2,1H3,(H,25,30). The number of carbonyl (C=O) groups is 2. The van der Waals surface area contributed by atoms with Crippen molar-refractivity contribution in [1.82, 2.24) is 15.5 Å². The smallest absolute Gasteiger partial charge is 0.337 e. The molecule has 0 bridgehead atoms. The Kier molecular flexibility index (Phi) is 6.80. The van der Waals surface area contributed by atoms with Crippen LogP contribution >= 0.6 is 28.7 Å². The van der Waals surface area contributed by atoms with Gasteiger partial charge in [-0.3, -0.25) is 0 Å². The minimum absolute atomic E-state index is 0.00635. The molecule has 0 saturated carbocycles. The summed E-state index contributed by atoms with van der Waals surface area (Å²) in [4.78, 5) is 26.6. The number of anilines is 2. The van der Waals surface area contributed by atoms with E-state index in [1.165, 1.54) is 11.4 Å². The van der Waals surface area contributed by atoms with Crippen molar-refractivity contribution < 1.29 is 14.3 Å². The molecule has 0 unspecified atom stereocenters. The molecule has 0 spiro atoms. The molecule has 8 nitrogen and oxygen atoms in total. The van der Waals surface area contributed by atoms with Crippen LogP contribution in [0.5, 0.6) is 0 Å². The Hall–Kier alpha value is -2.85. The number of hydrogen-bond donors (Lipinski definition) is 2. The van der Waals surface area contributed by atoms with E-state index in [0.717, 1.165) is 47.0 Å². The van der Waals surface area contributed by atoms with Crippen LogP contribution in [0.3, 0.4) is 0 Å². The molecule has 1 N–H and O–H groups in total. The molecule has 0 atom stereocenters. The molecule has 4 rings (SSSR count). The van der Waals surface area contributed by atoms with E-state index in [0.29, 0.717) is 11.3 Å². The zero-order valence-corrected chi connectivity index (χ0v) is 19.8. The van der Waals surface area contributed by atoms with E-state index < -0.39 is 5.97 Å². The number of amides is 2. The van der Waals surface area contributed by atoms with Crippen LogP contribution in [0.1, 0.15) is 23.2 Å². The third-order valence-electron chi connectivity index (χ3n) is 5.43. The van der Waals surface area contributed by atoms with E-state index in [1.54, 1.807) is 30.5 Å². The zero-order chi connectivity index (χ0) is 22.7. The Morgan fingerprint density at radius 3 is 2.75 bits per heavy atom. The van der Waals surface area contributed by atoms with Crippen molar-refractivity contribution in [2.24, 2.45) is 0 Å². The molecule has 1 aliphatic heterocycles. The number of ether oxygens (including phenoxy) is 1. The van der Waals surface area contributed by atoms with Gasteiger partial charge in [0.15, 0.2) is 5.82 Å². The Morgan fingerprint density at radius 2 is 2.00 bits per heavy atom. The van der Waals surface area contributed by atoms with E-state index in [2.05, 4.69) is 55.2 Å². The van der Waals surface area contributed by atoms with Gasteiger partial charge in [-0.15, -0.1) is 5.10 Å². The number of piperidine rings is 1. The Balaban J connectivity index is 1.39. The van der Waals surface area contributed by atoms with E-state index in [-0.39, 0.29) is 12.1 Å². The van der Waals surface area contributed by atoms with Gasteiger partial charge < -0.3 is 15.0 Å².